The molecule has 0 aliphatic heterocycles. The summed E-state index contributed by atoms with van der Waals surface area (Å²) in [6, 6.07) is 6.04. The second-order valence-corrected chi connectivity index (χ2v) is 4.41. The fourth-order valence-corrected chi connectivity index (χ4v) is 2.43. The van der Waals surface area contributed by atoms with E-state index < -0.39 is 5.97 Å². The Kier molecular flexibility index (Phi) is 3.05. The number of carboxylic acid groups (broad SMARTS) is 1. The van der Waals surface area contributed by atoms with Crippen molar-refractivity contribution >= 4 is 32.7 Å². The van der Waals surface area contributed by atoms with Gasteiger partial charge >= 0.3 is 5.97 Å². The maximum Gasteiger partial charge on any atom is 0.322 e. The van der Waals surface area contributed by atoms with Crippen molar-refractivity contribution in [3.63, 3.8) is 0 Å². The summed E-state index contributed by atoms with van der Waals surface area (Å²) >= 11 is 1.48. The lowest BCUT2D eigenvalue weighted by atomic mass is 10.1. The van der Waals surface area contributed by atoms with Crippen molar-refractivity contribution in [2.24, 2.45) is 0 Å². The number of hydrogen-bond donors (Lipinski definition) is 2. The zero-order valence-electron chi connectivity index (χ0n) is 8.86. The Hall–Kier alpha value is -1.62. The Morgan fingerprint density at radius 1 is 1.56 bits per heavy atom. The third kappa shape index (κ3) is 2.14. The predicted octanol–water partition coefficient (Wildman–Crippen LogP) is 2.36. The number of nitrogens with one attached hydrogen (secondary N) is 1. The Morgan fingerprint density at radius 3 is 3.06 bits per heavy atom. The van der Waals surface area contributed by atoms with E-state index in [1.54, 1.807) is 0 Å². The SMILES string of the molecule is CCc1cccc2sc(NCC(=O)O)nc12. The highest BCUT2D eigenvalue weighted by Crippen LogP contribution is 2.28. The van der Waals surface area contributed by atoms with Crippen molar-refractivity contribution in [1.29, 1.82) is 0 Å². The molecule has 2 N–H and O–H groups in total. The van der Waals surface area contributed by atoms with Crippen LogP contribution in [0.3, 0.4) is 0 Å². The van der Waals surface area contributed by atoms with E-state index in [2.05, 4.69) is 17.2 Å². The van der Waals surface area contributed by atoms with Gasteiger partial charge in [0.2, 0.25) is 0 Å². The lowest BCUT2D eigenvalue weighted by Gasteiger charge is -1.96. The summed E-state index contributed by atoms with van der Waals surface area (Å²) < 4.78 is 1.09. The maximum absolute atomic E-state index is 10.4. The van der Waals surface area contributed by atoms with Gasteiger partial charge in [-0.25, -0.2) is 4.98 Å². The lowest BCUT2D eigenvalue weighted by molar-refractivity contribution is -0.134. The summed E-state index contributed by atoms with van der Waals surface area (Å²) in [7, 11) is 0. The van der Waals surface area contributed by atoms with Gasteiger partial charge in [-0.05, 0) is 18.1 Å². The van der Waals surface area contributed by atoms with Crippen molar-refractivity contribution in [3.8, 4) is 0 Å². The molecule has 0 fully saturated rings. The number of para-hydroxylation sites is 1. The Balaban J connectivity index is 2.32. The van der Waals surface area contributed by atoms with Gasteiger partial charge in [0.05, 0.1) is 10.2 Å². The maximum atomic E-state index is 10.4. The first kappa shape index (κ1) is 10.9. The molecule has 0 saturated heterocycles. The molecule has 5 heteroatoms. The summed E-state index contributed by atoms with van der Waals surface area (Å²) in [5.41, 5.74) is 2.17. The van der Waals surface area contributed by atoms with Gasteiger partial charge in [0.15, 0.2) is 5.13 Å². The molecule has 0 unspecified atom stereocenters. The number of anilines is 1. The van der Waals surface area contributed by atoms with Crippen molar-refractivity contribution in [3.05, 3.63) is 23.8 Å². The molecule has 16 heavy (non-hydrogen) atoms. The molecule has 0 saturated carbocycles. The molecule has 0 bridgehead atoms. The van der Waals surface area contributed by atoms with Crippen LogP contribution in [0.1, 0.15) is 12.5 Å². The molecule has 2 rings (SSSR count). The number of rotatable bonds is 4. The molecule has 0 aliphatic carbocycles. The number of hydrogen-bond acceptors (Lipinski definition) is 4. The van der Waals surface area contributed by atoms with Crippen LogP contribution in [0.25, 0.3) is 10.2 Å². The van der Waals surface area contributed by atoms with Crippen LogP contribution < -0.4 is 5.32 Å². The summed E-state index contributed by atoms with van der Waals surface area (Å²) in [5.74, 6) is -0.880. The van der Waals surface area contributed by atoms with Crippen LogP contribution in [0, 0.1) is 0 Å². The lowest BCUT2D eigenvalue weighted by Crippen LogP contribution is -2.11. The first-order chi connectivity index (χ1) is 7.70. The number of aromatic nitrogens is 1. The Morgan fingerprint density at radius 2 is 2.38 bits per heavy atom. The number of carboxylic acids is 1. The number of thiazole rings is 1. The average molecular weight is 236 g/mol. The highest BCUT2D eigenvalue weighted by atomic mass is 32.1. The molecule has 84 valence electrons. The minimum atomic E-state index is -0.880. The van der Waals surface area contributed by atoms with E-state index >= 15 is 0 Å². The second-order valence-electron chi connectivity index (χ2n) is 3.38. The predicted molar refractivity (Wildman–Crippen MR) is 65.1 cm³/mol. The van der Waals surface area contributed by atoms with Crippen LogP contribution in [-0.2, 0) is 11.2 Å². The van der Waals surface area contributed by atoms with Gasteiger partial charge in [0, 0.05) is 0 Å². The summed E-state index contributed by atoms with van der Waals surface area (Å²) in [5, 5.41) is 12.0. The van der Waals surface area contributed by atoms with E-state index in [-0.39, 0.29) is 6.54 Å². The van der Waals surface area contributed by atoms with Gasteiger partial charge in [-0.15, -0.1) is 0 Å². The number of aryl methyl sites for hydroxylation is 1. The molecular formula is C11H12N2O2S. The fraction of sp³-hybridized carbons (Fsp3) is 0.273. The normalized spacial score (nSPS) is 10.6. The van der Waals surface area contributed by atoms with Crippen LogP contribution >= 0.6 is 11.3 Å². The number of nitrogens with zero attached hydrogens (tertiary/aromatic N) is 1. The molecule has 1 aromatic heterocycles. The van der Waals surface area contributed by atoms with Crippen molar-refractivity contribution in [2.45, 2.75) is 13.3 Å². The molecule has 4 nitrogen and oxygen atoms in total. The Bertz CT molecular complexity index is 522. The van der Waals surface area contributed by atoms with E-state index in [1.807, 2.05) is 18.2 Å². The van der Waals surface area contributed by atoms with Crippen LogP contribution in [0.2, 0.25) is 0 Å². The van der Waals surface area contributed by atoms with Crippen LogP contribution in [0.15, 0.2) is 18.2 Å². The second kappa shape index (κ2) is 4.49. The van der Waals surface area contributed by atoms with E-state index in [0.717, 1.165) is 16.6 Å². The molecule has 0 radical (unpaired) electrons. The van der Waals surface area contributed by atoms with E-state index in [4.69, 9.17) is 5.11 Å². The van der Waals surface area contributed by atoms with E-state index in [9.17, 15) is 4.79 Å². The third-order valence-corrected chi connectivity index (χ3v) is 3.25. The molecule has 0 aliphatic rings. The first-order valence-corrected chi connectivity index (χ1v) is 5.86. The summed E-state index contributed by atoms with van der Waals surface area (Å²) in [6.45, 7) is 1.99. The van der Waals surface area contributed by atoms with Gasteiger partial charge in [-0.3, -0.25) is 4.79 Å². The highest BCUT2D eigenvalue weighted by Gasteiger charge is 2.07. The van der Waals surface area contributed by atoms with Gasteiger partial charge in [-0.1, -0.05) is 30.4 Å². The van der Waals surface area contributed by atoms with E-state index in [0.29, 0.717) is 5.13 Å². The molecular weight excluding hydrogens is 224 g/mol. The number of fused-ring (bicyclic) bond motifs is 1. The molecule has 0 atom stereocenters. The summed E-state index contributed by atoms with van der Waals surface area (Å²) in [6.07, 6.45) is 0.930. The molecule has 2 aromatic rings. The minimum Gasteiger partial charge on any atom is -0.480 e. The van der Waals surface area contributed by atoms with Crippen LogP contribution in [-0.4, -0.2) is 22.6 Å². The minimum absolute atomic E-state index is 0.0960. The molecule has 0 amide bonds. The fourth-order valence-electron chi connectivity index (χ4n) is 1.52. The smallest absolute Gasteiger partial charge is 0.322 e. The Labute approximate surface area is 96.9 Å². The van der Waals surface area contributed by atoms with Crippen molar-refractivity contribution in [1.82, 2.24) is 4.98 Å². The number of aliphatic carboxylic acids is 1. The largest absolute Gasteiger partial charge is 0.480 e. The summed E-state index contributed by atoms with van der Waals surface area (Å²) in [4.78, 5) is 14.8. The quantitative estimate of drug-likeness (QED) is 0.855. The third-order valence-electron chi connectivity index (χ3n) is 2.27. The number of carbonyl (C=O) groups is 1. The van der Waals surface area contributed by atoms with Crippen LogP contribution in [0.5, 0.6) is 0 Å². The zero-order chi connectivity index (χ0) is 11.5. The van der Waals surface area contributed by atoms with Gasteiger partial charge < -0.3 is 10.4 Å². The van der Waals surface area contributed by atoms with Crippen molar-refractivity contribution < 1.29 is 9.90 Å². The van der Waals surface area contributed by atoms with Crippen molar-refractivity contribution in [2.75, 3.05) is 11.9 Å². The monoisotopic (exact) mass is 236 g/mol. The highest BCUT2D eigenvalue weighted by molar-refractivity contribution is 7.22. The van der Waals surface area contributed by atoms with E-state index in [1.165, 1.54) is 16.9 Å². The zero-order valence-corrected chi connectivity index (χ0v) is 9.67. The molecule has 1 aromatic carbocycles. The van der Waals surface area contributed by atoms with Crippen LogP contribution in [0.4, 0.5) is 5.13 Å². The average Bonchev–Trinajstić information content (AvgIpc) is 2.68. The molecule has 1 heterocycles. The molecule has 0 spiro atoms. The first-order valence-electron chi connectivity index (χ1n) is 5.04. The topological polar surface area (TPSA) is 62.2 Å². The van der Waals surface area contributed by atoms with Gasteiger partial charge in [-0.2, -0.15) is 0 Å². The van der Waals surface area contributed by atoms with Gasteiger partial charge in [0.1, 0.15) is 6.54 Å². The number of benzene rings is 1. The standard InChI is InChI=1S/C11H12N2O2S/c1-2-7-4-3-5-8-10(7)13-11(16-8)12-6-9(14)15/h3-5H,2,6H2,1H3,(H,12,13)(H,14,15). The van der Waals surface area contributed by atoms with Gasteiger partial charge in [0.25, 0.3) is 0 Å².